The second-order valence-corrected chi connectivity index (χ2v) is 4.02. The van der Waals surface area contributed by atoms with Crippen LogP contribution < -0.4 is 0 Å². The molecule has 0 amide bonds. The molecule has 0 aromatic carbocycles. The van der Waals surface area contributed by atoms with E-state index >= 15 is 0 Å². The Labute approximate surface area is 96.3 Å². The lowest BCUT2D eigenvalue weighted by atomic mass is 10.0. The predicted molar refractivity (Wildman–Crippen MR) is 59.1 cm³/mol. The highest BCUT2D eigenvalue weighted by molar-refractivity contribution is 6.33. The van der Waals surface area contributed by atoms with Crippen molar-refractivity contribution in [1.29, 1.82) is 0 Å². The summed E-state index contributed by atoms with van der Waals surface area (Å²) in [6.07, 6.45) is 5.55. The minimum atomic E-state index is -0.702. The molecule has 1 rings (SSSR count). The molecule has 0 aromatic heterocycles. The molecule has 0 saturated carbocycles. The minimum Gasteiger partial charge on any atom is -0.460 e. The maximum absolute atomic E-state index is 11.3. The number of hydrogen-bond acceptors (Lipinski definition) is 4. The molecule has 0 spiro atoms. The first-order valence-corrected chi connectivity index (χ1v) is 6.05. The van der Waals surface area contributed by atoms with E-state index in [1.165, 1.54) is 6.42 Å². The zero-order valence-corrected chi connectivity index (χ0v) is 9.87. The van der Waals surface area contributed by atoms with Gasteiger partial charge in [-0.2, -0.15) is 0 Å². The summed E-state index contributed by atoms with van der Waals surface area (Å²) in [6.45, 7) is 2.79. The van der Waals surface area contributed by atoms with Gasteiger partial charge in [0.15, 0.2) is 0 Å². The van der Waals surface area contributed by atoms with Crippen molar-refractivity contribution in [2.45, 2.75) is 51.6 Å². The van der Waals surface area contributed by atoms with E-state index < -0.39 is 11.8 Å². The molecule has 4 nitrogen and oxygen atoms in total. The van der Waals surface area contributed by atoms with Crippen LogP contribution in [0.2, 0.25) is 0 Å². The predicted octanol–water partition coefficient (Wildman–Crippen LogP) is 1.86. The fraction of sp³-hybridized carbons (Fsp3) is 0.833. The van der Waals surface area contributed by atoms with Gasteiger partial charge in [0.25, 0.3) is 0 Å². The van der Waals surface area contributed by atoms with Crippen LogP contribution in [0, 0.1) is 0 Å². The van der Waals surface area contributed by atoms with Crippen LogP contribution >= 0.6 is 0 Å². The molecule has 1 aliphatic heterocycles. The molecule has 16 heavy (non-hydrogen) atoms. The third kappa shape index (κ3) is 4.75. The Morgan fingerprint density at radius 3 is 2.81 bits per heavy atom. The molecule has 0 N–H and O–H groups in total. The number of carbonyl (C=O) groups excluding carboxylic acids is 2. The summed E-state index contributed by atoms with van der Waals surface area (Å²) >= 11 is 0. The van der Waals surface area contributed by atoms with Crippen LogP contribution in [0.5, 0.6) is 0 Å². The monoisotopic (exact) mass is 228 g/mol. The van der Waals surface area contributed by atoms with Crippen molar-refractivity contribution in [2.75, 3.05) is 13.2 Å². The largest absolute Gasteiger partial charge is 0.460 e. The van der Waals surface area contributed by atoms with E-state index in [0.29, 0.717) is 6.42 Å². The Hall–Kier alpha value is -0.900. The molecule has 0 aromatic rings. The highest BCUT2D eigenvalue weighted by atomic mass is 16.5. The van der Waals surface area contributed by atoms with Gasteiger partial charge in [0.1, 0.15) is 0 Å². The molecule has 0 bridgehead atoms. The van der Waals surface area contributed by atoms with Crippen molar-refractivity contribution in [2.24, 2.45) is 0 Å². The number of ether oxygens (including phenoxy) is 2. The summed E-state index contributed by atoms with van der Waals surface area (Å²) in [5, 5.41) is 0. The van der Waals surface area contributed by atoms with Gasteiger partial charge in [-0.1, -0.05) is 0 Å². The van der Waals surface area contributed by atoms with Gasteiger partial charge in [0, 0.05) is 13.0 Å². The topological polar surface area (TPSA) is 52.6 Å². The van der Waals surface area contributed by atoms with E-state index in [1.54, 1.807) is 6.92 Å². The molecule has 0 radical (unpaired) electrons. The van der Waals surface area contributed by atoms with Crippen LogP contribution in [0.3, 0.4) is 0 Å². The summed E-state index contributed by atoms with van der Waals surface area (Å²) in [6, 6.07) is 0. The molecular formula is C12H20O4. The van der Waals surface area contributed by atoms with E-state index in [2.05, 4.69) is 4.74 Å². The average molecular weight is 228 g/mol. The standard InChI is InChI=1S/C12H20O4/c1-2-15-12(14)11(13)8-5-7-10-6-3-4-9-16-10/h10H,2-9H2,1H3. The van der Waals surface area contributed by atoms with Gasteiger partial charge in [0.2, 0.25) is 5.78 Å². The third-order valence-corrected chi connectivity index (χ3v) is 2.71. The Morgan fingerprint density at radius 2 is 2.19 bits per heavy atom. The Kier molecular flexibility index (Phi) is 6.08. The van der Waals surface area contributed by atoms with Gasteiger partial charge in [-0.3, -0.25) is 4.79 Å². The highest BCUT2D eigenvalue weighted by Crippen LogP contribution is 2.17. The first-order chi connectivity index (χ1) is 7.74. The lowest BCUT2D eigenvalue weighted by Crippen LogP contribution is -2.21. The van der Waals surface area contributed by atoms with Crippen LogP contribution in [-0.2, 0) is 19.1 Å². The van der Waals surface area contributed by atoms with E-state index in [1.807, 2.05) is 0 Å². The van der Waals surface area contributed by atoms with Gasteiger partial charge in [-0.25, -0.2) is 4.79 Å². The molecule has 1 unspecified atom stereocenters. The number of esters is 1. The van der Waals surface area contributed by atoms with E-state index in [-0.39, 0.29) is 19.1 Å². The normalized spacial score (nSPS) is 20.4. The minimum absolute atomic E-state index is 0.260. The zero-order valence-electron chi connectivity index (χ0n) is 9.87. The number of ketones is 1. The Morgan fingerprint density at radius 1 is 1.38 bits per heavy atom. The molecule has 1 fully saturated rings. The average Bonchev–Trinajstić information content (AvgIpc) is 2.30. The van der Waals surface area contributed by atoms with Crippen molar-refractivity contribution >= 4 is 11.8 Å². The summed E-state index contributed by atoms with van der Waals surface area (Å²) in [5.74, 6) is -1.12. The molecule has 0 aliphatic carbocycles. The number of Topliss-reactive ketones (excluding diaryl/α,β-unsaturated/α-hetero) is 1. The number of carbonyl (C=O) groups is 2. The smallest absolute Gasteiger partial charge is 0.374 e. The van der Waals surface area contributed by atoms with Crippen molar-refractivity contribution < 1.29 is 19.1 Å². The molecular weight excluding hydrogens is 208 g/mol. The van der Waals surface area contributed by atoms with Crippen molar-refractivity contribution in [3.05, 3.63) is 0 Å². The fourth-order valence-electron chi connectivity index (χ4n) is 1.84. The Bertz CT molecular complexity index is 231. The SMILES string of the molecule is CCOC(=O)C(=O)CCCC1CCCCO1. The Balaban J connectivity index is 2.09. The third-order valence-electron chi connectivity index (χ3n) is 2.71. The summed E-state index contributed by atoms with van der Waals surface area (Å²) in [5.41, 5.74) is 0. The molecule has 4 heteroatoms. The molecule has 1 aliphatic rings. The maximum atomic E-state index is 11.3. The lowest BCUT2D eigenvalue weighted by molar-refractivity contribution is -0.153. The maximum Gasteiger partial charge on any atom is 0.374 e. The van der Waals surface area contributed by atoms with Crippen LogP contribution in [0.15, 0.2) is 0 Å². The summed E-state index contributed by atoms with van der Waals surface area (Å²) < 4.78 is 10.2. The first kappa shape index (κ1) is 13.2. The number of hydrogen-bond donors (Lipinski definition) is 0. The first-order valence-electron chi connectivity index (χ1n) is 6.05. The van der Waals surface area contributed by atoms with Crippen LogP contribution in [0.1, 0.15) is 45.4 Å². The highest BCUT2D eigenvalue weighted by Gasteiger charge is 2.17. The second-order valence-electron chi connectivity index (χ2n) is 4.02. The second kappa shape index (κ2) is 7.39. The molecule has 1 heterocycles. The van der Waals surface area contributed by atoms with Crippen LogP contribution in [0.25, 0.3) is 0 Å². The van der Waals surface area contributed by atoms with E-state index in [9.17, 15) is 9.59 Å². The van der Waals surface area contributed by atoms with Crippen LogP contribution in [0.4, 0.5) is 0 Å². The van der Waals surface area contributed by atoms with Crippen LogP contribution in [-0.4, -0.2) is 31.1 Å². The summed E-state index contributed by atoms with van der Waals surface area (Å²) in [4.78, 5) is 22.3. The van der Waals surface area contributed by atoms with Gasteiger partial charge >= 0.3 is 5.97 Å². The van der Waals surface area contributed by atoms with Gasteiger partial charge < -0.3 is 9.47 Å². The number of rotatable bonds is 6. The van der Waals surface area contributed by atoms with Crippen molar-refractivity contribution in [3.8, 4) is 0 Å². The van der Waals surface area contributed by atoms with Gasteiger partial charge in [0.05, 0.1) is 12.7 Å². The van der Waals surface area contributed by atoms with Gasteiger partial charge in [-0.05, 0) is 39.0 Å². The molecule has 1 saturated heterocycles. The van der Waals surface area contributed by atoms with E-state index in [4.69, 9.17) is 4.74 Å². The lowest BCUT2D eigenvalue weighted by Gasteiger charge is -2.22. The van der Waals surface area contributed by atoms with Gasteiger partial charge in [-0.15, -0.1) is 0 Å². The zero-order chi connectivity index (χ0) is 11.8. The molecule has 92 valence electrons. The molecule has 1 atom stereocenters. The summed E-state index contributed by atoms with van der Waals surface area (Å²) in [7, 11) is 0. The van der Waals surface area contributed by atoms with Crippen molar-refractivity contribution in [1.82, 2.24) is 0 Å². The van der Waals surface area contributed by atoms with Crippen molar-refractivity contribution in [3.63, 3.8) is 0 Å². The quantitative estimate of drug-likeness (QED) is 0.514. The fourth-order valence-corrected chi connectivity index (χ4v) is 1.84. The van der Waals surface area contributed by atoms with E-state index in [0.717, 1.165) is 25.9 Å².